The number of carbonyl (C=O) groups excluding carboxylic acids is 1. The molecule has 0 bridgehead atoms. The molecule has 3 rings (SSSR count). The molecule has 2 heterocycles. The molecular formula is C17H16N2O2S3. The van der Waals surface area contributed by atoms with Crippen LogP contribution in [0.2, 0.25) is 0 Å². The second-order valence-corrected chi connectivity index (χ2v) is 8.00. The van der Waals surface area contributed by atoms with Crippen molar-refractivity contribution in [3.05, 3.63) is 73.0 Å². The number of rotatable bonds is 6. The molecule has 0 saturated carbocycles. The van der Waals surface area contributed by atoms with E-state index < -0.39 is 0 Å². The average molecular weight is 377 g/mol. The van der Waals surface area contributed by atoms with Crippen molar-refractivity contribution < 1.29 is 4.79 Å². The molecule has 1 amide bonds. The number of aromatic nitrogens is 1. The Hall–Kier alpha value is -1.83. The number of nitrogens with zero attached hydrogens (tertiary/aromatic N) is 1. The summed E-state index contributed by atoms with van der Waals surface area (Å²) in [6.07, 6.45) is 3.67. The van der Waals surface area contributed by atoms with Crippen molar-refractivity contribution in [1.29, 1.82) is 0 Å². The van der Waals surface area contributed by atoms with Gasteiger partial charge >= 0.3 is 4.87 Å². The van der Waals surface area contributed by atoms with Crippen molar-refractivity contribution >= 4 is 40.3 Å². The van der Waals surface area contributed by atoms with E-state index in [1.807, 2.05) is 48.0 Å². The van der Waals surface area contributed by atoms with Gasteiger partial charge in [0.15, 0.2) is 0 Å². The molecule has 4 nitrogen and oxygen atoms in total. The predicted molar refractivity (Wildman–Crippen MR) is 101 cm³/mol. The van der Waals surface area contributed by atoms with E-state index in [0.717, 1.165) is 21.8 Å². The lowest BCUT2D eigenvalue weighted by Gasteiger charge is -2.03. The Balaban J connectivity index is 1.67. The van der Waals surface area contributed by atoms with E-state index in [-0.39, 0.29) is 10.8 Å². The lowest BCUT2D eigenvalue weighted by atomic mass is 10.2. The monoisotopic (exact) mass is 376 g/mol. The maximum Gasteiger partial charge on any atom is 0.308 e. The third-order valence-electron chi connectivity index (χ3n) is 3.44. The number of benzene rings is 1. The van der Waals surface area contributed by atoms with E-state index in [1.165, 1.54) is 4.90 Å². The van der Waals surface area contributed by atoms with Gasteiger partial charge in [0.1, 0.15) is 4.88 Å². The molecule has 1 aromatic carbocycles. The number of hydrogen-bond acceptors (Lipinski definition) is 5. The maximum absolute atomic E-state index is 12.2. The van der Waals surface area contributed by atoms with Crippen molar-refractivity contribution in [2.45, 2.75) is 18.0 Å². The van der Waals surface area contributed by atoms with Gasteiger partial charge in [0.2, 0.25) is 0 Å². The van der Waals surface area contributed by atoms with Gasteiger partial charge in [-0.3, -0.25) is 9.59 Å². The molecule has 0 aliphatic heterocycles. The Morgan fingerprint density at radius 1 is 1.25 bits per heavy atom. The first-order valence-electron chi connectivity index (χ1n) is 7.29. The number of thiazole rings is 1. The van der Waals surface area contributed by atoms with Crippen molar-refractivity contribution in [3.8, 4) is 0 Å². The summed E-state index contributed by atoms with van der Waals surface area (Å²) >= 11 is 4.26. The van der Waals surface area contributed by atoms with Crippen LogP contribution in [0.25, 0.3) is 0 Å². The molecule has 124 valence electrons. The Morgan fingerprint density at radius 2 is 2.04 bits per heavy atom. The number of hydrogen-bond donors (Lipinski definition) is 1. The summed E-state index contributed by atoms with van der Waals surface area (Å²) < 4.78 is 1.58. The average Bonchev–Trinajstić information content (AvgIpc) is 3.24. The topological polar surface area (TPSA) is 51.1 Å². The summed E-state index contributed by atoms with van der Waals surface area (Å²) in [5.74, 6) is -0.206. The summed E-state index contributed by atoms with van der Waals surface area (Å²) in [7, 11) is 0. The Morgan fingerprint density at radius 3 is 2.71 bits per heavy atom. The number of carbonyl (C=O) groups is 1. The maximum atomic E-state index is 12.2. The highest BCUT2D eigenvalue weighted by Crippen LogP contribution is 2.16. The third kappa shape index (κ3) is 4.17. The Labute approximate surface area is 152 Å². The summed E-state index contributed by atoms with van der Waals surface area (Å²) in [4.78, 5) is 26.9. The third-order valence-corrected chi connectivity index (χ3v) is 5.98. The van der Waals surface area contributed by atoms with Gasteiger partial charge in [0.25, 0.3) is 5.91 Å². The van der Waals surface area contributed by atoms with Gasteiger partial charge in [0.05, 0.1) is 13.1 Å². The summed E-state index contributed by atoms with van der Waals surface area (Å²) in [5, 5.41) is 4.82. The zero-order valence-corrected chi connectivity index (χ0v) is 15.5. The Kier molecular flexibility index (Phi) is 5.55. The zero-order chi connectivity index (χ0) is 16.9. The first-order valence-corrected chi connectivity index (χ1v) is 10.2. The van der Waals surface area contributed by atoms with Crippen molar-refractivity contribution in [2.24, 2.45) is 0 Å². The summed E-state index contributed by atoms with van der Waals surface area (Å²) in [5.41, 5.74) is 1.04. The van der Waals surface area contributed by atoms with Crippen LogP contribution in [0, 0.1) is 0 Å². The first-order chi connectivity index (χ1) is 11.7. The Bertz CT molecular complexity index is 864. The first kappa shape index (κ1) is 17.0. The standard InChI is InChI=1S/C17H16N2O2S3/c1-22-13-6-4-12(5-7-13)10-19-11-15(24-17(19)21)16(20)18-9-14-3-2-8-23-14/h2-8,11H,9-10H2,1H3,(H,18,20). The van der Waals surface area contributed by atoms with Crippen LogP contribution in [0.1, 0.15) is 20.1 Å². The van der Waals surface area contributed by atoms with E-state index >= 15 is 0 Å². The highest BCUT2D eigenvalue weighted by Gasteiger charge is 2.12. The van der Waals surface area contributed by atoms with E-state index in [1.54, 1.807) is 33.9 Å². The summed E-state index contributed by atoms with van der Waals surface area (Å²) in [6, 6.07) is 12.0. The fourth-order valence-corrected chi connectivity index (χ4v) is 4.00. The molecule has 24 heavy (non-hydrogen) atoms. The van der Waals surface area contributed by atoms with Gasteiger partial charge in [-0.25, -0.2) is 0 Å². The predicted octanol–water partition coefficient (Wildman–Crippen LogP) is 3.67. The van der Waals surface area contributed by atoms with Gasteiger partial charge in [-0.2, -0.15) is 0 Å². The minimum atomic E-state index is -0.206. The molecule has 0 fully saturated rings. The number of amides is 1. The molecule has 1 N–H and O–H groups in total. The van der Waals surface area contributed by atoms with Crippen LogP contribution in [0.4, 0.5) is 0 Å². The molecule has 2 aromatic heterocycles. The van der Waals surface area contributed by atoms with Gasteiger partial charge in [0, 0.05) is 16.0 Å². The molecule has 3 aromatic rings. The fourth-order valence-electron chi connectivity index (χ4n) is 2.18. The van der Waals surface area contributed by atoms with Crippen molar-refractivity contribution in [2.75, 3.05) is 6.26 Å². The van der Waals surface area contributed by atoms with Crippen molar-refractivity contribution in [3.63, 3.8) is 0 Å². The molecule has 0 aliphatic rings. The van der Waals surface area contributed by atoms with Crippen LogP contribution in [0.15, 0.2) is 57.7 Å². The smallest absolute Gasteiger partial charge is 0.308 e. The van der Waals surface area contributed by atoms with E-state index in [9.17, 15) is 9.59 Å². The number of nitrogens with one attached hydrogen (secondary N) is 1. The minimum Gasteiger partial charge on any atom is -0.346 e. The SMILES string of the molecule is CSc1ccc(Cn2cc(C(=O)NCc3cccs3)sc2=O)cc1. The quantitative estimate of drug-likeness (QED) is 0.668. The second kappa shape index (κ2) is 7.83. The minimum absolute atomic E-state index is 0.120. The normalized spacial score (nSPS) is 10.7. The van der Waals surface area contributed by atoms with Crippen LogP contribution in [-0.4, -0.2) is 16.7 Å². The highest BCUT2D eigenvalue weighted by atomic mass is 32.2. The van der Waals surface area contributed by atoms with Gasteiger partial charge in [-0.1, -0.05) is 29.5 Å². The second-order valence-electron chi connectivity index (χ2n) is 5.10. The van der Waals surface area contributed by atoms with Gasteiger partial charge in [-0.05, 0) is 35.4 Å². The van der Waals surface area contributed by atoms with Crippen LogP contribution >= 0.6 is 34.4 Å². The lowest BCUT2D eigenvalue weighted by molar-refractivity contribution is 0.0955. The van der Waals surface area contributed by atoms with Crippen molar-refractivity contribution in [1.82, 2.24) is 9.88 Å². The van der Waals surface area contributed by atoms with Crippen LogP contribution in [-0.2, 0) is 13.1 Å². The number of thiophene rings is 1. The molecule has 0 radical (unpaired) electrons. The molecule has 0 saturated heterocycles. The molecule has 0 atom stereocenters. The lowest BCUT2D eigenvalue weighted by Crippen LogP contribution is -2.21. The summed E-state index contributed by atoms with van der Waals surface area (Å²) in [6.45, 7) is 0.959. The largest absolute Gasteiger partial charge is 0.346 e. The van der Waals surface area contributed by atoms with E-state index in [2.05, 4.69) is 5.32 Å². The van der Waals surface area contributed by atoms with Crippen LogP contribution in [0.5, 0.6) is 0 Å². The van der Waals surface area contributed by atoms with Crippen LogP contribution < -0.4 is 10.2 Å². The molecule has 0 unspecified atom stereocenters. The van der Waals surface area contributed by atoms with Gasteiger partial charge < -0.3 is 9.88 Å². The zero-order valence-electron chi connectivity index (χ0n) is 13.0. The van der Waals surface area contributed by atoms with Gasteiger partial charge in [-0.15, -0.1) is 23.1 Å². The van der Waals surface area contributed by atoms with Crippen LogP contribution in [0.3, 0.4) is 0 Å². The molecule has 0 spiro atoms. The fraction of sp³-hybridized carbons (Fsp3) is 0.176. The van der Waals surface area contributed by atoms with E-state index in [4.69, 9.17) is 0 Å². The molecule has 7 heteroatoms. The number of thioether (sulfide) groups is 1. The van der Waals surface area contributed by atoms with E-state index in [0.29, 0.717) is 18.0 Å². The molecular weight excluding hydrogens is 360 g/mol. The highest BCUT2D eigenvalue weighted by molar-refractivity contribution is 7.98. The molecule has 0 aliphatic carbocycles.